The van der Waals surface area contributed by atoms with Crippen molar-refractivity contribution in [3.8, 4) is 17.9 Å². The SMILES string of the molecule is CC#CC.CC#N.Cc1nc(C)c(C)c(C)n1. The van der Waals surface area contributed by atoms with Crippen molar-refractivity contribution in [2.75, 3.05) is 0 Å². The van der Waals surface area contributed by atoms with Crippen LogP contribution in [0.1, 0.15) is 43.5 Å². The Balaban J connectivity index is 0. The maximum absolute atomic E-state index is 7.32. The largest absolute Gasteiger partial charge is 0.238 e. The van der Waals surface area contributed by atoms with Crippen LogP contribution >= 0.6 is 0 Å². The summed E-state index contributed by atoms with van der Waals surface area (Å²) >= 11 is 0. The van der Waals surface area contributed by atoms with Gasteiger partial charge in [-0.2, -0.15) is 5.26 Å². The number of hydrogen-bond donors (Lipinski definition) is 0. The molecule has 92 valence electrons. The molecule has 0 aliphatic rings. The normalized spacial score (nSPS) is 7.18. The monoisotopic (exact) mass is 231 g/mol. The van der Waals surface area contributed by atoms with Gasteiger partial charge in [0.15, 0.2) is 0 Å². The first-order chi connectivity index (χ1) is 7.94. The molecule has 0 amide bonds. The van der Waals surface area contributed by atoms with Crippen molar-refractivity contribution in [2.45, 2.75) is 48.5 Å². The van der Waals surface area contributed by atoms with E-state index < -0.39 is 0 Å². The van der Waals surface area contributed by atoms with E-state index in [-0.39, 0.29) is 0 Å². The molecule has 0 saturated heterocycles. The molecule has 0 saturated carbocycles. The second kappa shape index (κ2) is 10.6. The highest BCUT2D eigenvalue weighted by Gasteiger charge is 1.99. The molecular formula is C14H21N3. The van der Waals surface area contributed by atoms with Gasteiger partial charge in [0.05, 0.1) is 6.07 Å². The minimum absolute atomic E-state index is 0.862. The highest BCUT2D eigenvalue weighted by molar-refractivity contribution is 5.21. The maximum Gasteiger partial charge on any atom is 0.125 e. The lowest BCUT2D eigenvalue weighted by atomic mass is 10.2. The Labute approximate surface area is 105 Å². The molecule has 0 aromatic carbocycles. The van der Waals surface area contributed by atoms with E-state index in [4.69, 9.17) is 5.26 Å². The first kappa shape index (κ1) is 17.5. The molecule has 1 rings (SSSR count). The van der Waals surface area contributed by atoms with Gasteiger partial charge in [-0.1, -0.05) is 0 Å². The van der Waals surface area contributed by atoms with Crippen LogP contribution < -0.4 is 0 Å². The molecule has 0 spiro atoms. The van der Waals surface area contributed by atoms with Gasteiger partial charge in [0.1, 0.15) is 5.82 Å². The average molecular weight is 231 g/mol. The molecule has 0 fully saturated rings. The molecule has 1 heterocycles. The van der Waals surface area contributed by atoms with Gasteiger partial charge >= 0.3 is 0 Å². The Morgan fingerprint density at radius 3 is 1.35 bits per heavy atom. The van der Waals surface area contributed by atoms with Crippen molar-refractivity contribution in [3.05, 3.63) is 22.8 Å². The fourth-order valence-electron chi connectivity index (χ4n) is 0.940. The molecule has 3 nitrogen and oxygen atoms in total. The van der Waals surface area contributed by atoms with E-state index in [1.807, 2.05) is 41.5 Å². The molecule has 0 aliphatic carbocycles. The van der Waals surface area contributed by atoms with Gasteiger partial charge in [0, 0.05) is 18.3 Å². The Kier molecular flexibility index (Phi) is 11.0. The molecule has 1 aromatic heterocycles. The number of nitrogens with zero attached hydrogens (tertiary/aromatic N) is 3. The van der Waals surface area contributed by atoms with Gasteiger partial charge < -0.3 is 0 Å². The van der Waals surface area contributed by atoms with Crippen molar-refractivity contribution in [1.29, 1.82) is 5.26 Å². The van der Waals surface area contributed by atoms with Crippen molar-refractivity contribution in [1.82, 2.24) is 9.97 Å². The fourth-order valence-corrected chi connectivity index (χ4v) is 0.940. The van der Waals surface area contributed by atoms with Crippen molar-refractivity contribution >= 4 is 0 Å². The zero-order chi connectivity index (χ0) is 13.8. The molecule has 1 aromatic rings. The Morgan fingerprint density at radius 1 is 0.824 bits per heavy atom. The van der Waals surface area contributed by atoms with Crippen molar-refractivity contribution in [3.63, 3.8) is 0 Å². The number of aromatic nitrogens is 2. The van der Waals surface area contributed by atoms with E-state index in [9.17, 15) is 0 Å². The number of rotatable bonds is 0. The van der Waals surface area contributed by atoms with Gasteiger partial charge in [-0.3, -0.25) is 0 Å². The summed E-state index contributed by atoms with van der Waals surface area (Å²) in [5, 5.41) is 7.32. The summed E-state index contributed by atoms with van der Waals surface area (Å²) in [6, 6.07) is 1.75. The standard InChI is InChI=1S/C8H12N2.C4H6.C2H3N/c1-5-6(2)9-8(4)10-7(5)3;1-3-4-2;1-2-3/h1-4H3;1-2H3;1H3. The summed E-state index contributed by atoms with van der Waals surface area (Å²) in [4.78, 5) is 8.45. The summed E-state index contributed by atoms with van der Waals surface area (Å²) in [7, 11) is 0. The lowest BCUT2D eigenvalue weighted by molar-refractivity contribution is 0.948. The number of aryl methyl sites for hydroxylation is 3. The van der Waals surface area contributed by atoms with E-state index in [2.05, 4.69) is 21.8 Å². The summed E-state index contributed by atoms with van der Waals surface area (Å²) < 4.78 is 0. The average Bonchev–Trinajstić information content (AvgIpc) is 2.27. The van der Waals surface area contributed by atoms with Crippen LogP contribution in [0.2, 0.25) is 0 Å². The van der Waals surface area contributed by atoms with E-state index in [0.29, 0.717) is 0 Å². The molecule has 17 heavy (non-hydrogen) atoms. The molecule has 3 heteroatoms. The lowest BCUT2D eigenvalue weighted by Gasteiger charge is -2.02. The van der Waals surface area contributed by atoms with Gasteiger partial charge in [0.25, 0.3) is 0 Å². The Morgan fingerprint density at radius 2 is 1.12 bits per heavy atom. The number of hydrogen-bond acceptors (Lipinski definition) is 3. The first-order valence-corrected chi connectivity index (χ1v) is 5.37. The van der Waals surface area contributed by atoms with Crippen LogP contribution in [0.3, 0.4) is 0 Å². The number of nitriles is 1. The van der Waals surface area contributed by atoms with Crippen LogP contribution in [-0.4, -0.2) is 9.97 Å². The Hall–Kier alpha value is -1.87. The third kappa shape index (κ3) is 9.08. The van der Waals surface area contributed by atoms with Crippen LogP contribution in [0, 0.1) is 50.9 Å². The fraction of sp³-hybridized carbons (Fsp3) is 0.500. The van der Waals surface area contributed by atoms with Crippen LogP contribution in [0.4, 0.5) is 0 Å². The van der Waals surface area contributed by atoms with Gasteiger partial charge in [-0.15, -0.1) is 11.8 Å². The summed E-state index contributed by atoms with van der Waals surface area (Å²) in [5.41, 5.74) is 3.38. The van der Waals surface area contributed by atoms with Crippen molar-refractivity contribution in [2.24, 2.45) is 0 Å². The van der Waals surface area contributed by atoms with E-state index >= 15 is 0 Å². The van der Waals surface area contributed by atoms with Gasteiger partial charge in [-0.25, -0.2) is 9.97 Å². The highest BCUT2D eigenvalue weighted by Crippen LogP contribution is 2.06. The van der Waals surface area contributed by atoms with E-state index in [1.165, 1.54) is 12.5 Å². The Bertz CT molecular complexity index is 402. The smallest absolute Gasteiger partial charge is 0.125 e. The third-order valence-electron chi connectivity index (χ3n) is 1.99. The summed E-state index contributed by atoms with van der Waals surface area (Å²) in [6.45, 7) is 13.1. The lowest BCUT2D eigenvalue weighted by Crippen LogP contribution is -1.97. The third-order valence-corrected chi connectivity index (χ3v) is 1.99. The van der Waals surface area contributed by atoms with E-state index in [0.717, 1.165) is 17.2 Å². The molecule has 0 N–H and O–H groups in total. The highest BCUT2D eigenvalue weighted by atomic mass is 14.9. The quantitative estimate of drug-likeness (QED) is 0.644. The summed E-state index contributed by atoms with van der Waals surface area (Å²) in [6.07, 6.45) is 0. The molecule has 0 aliphatic heterocycles. The summed E-state index contributed by atoms with van der Waals surface area (Å²) in [5.74, 6) is 6.22. The second-order valence-electron chi connectivity index (χ2n) is 3.29. The molecular weight excluding hydrogens is 210 g/mol. The molecule has 0 radical (unpaired) electrons. The zero-order valence-corrected chi connectivity index (χ0v) is 11.8. The van der Waals surface area contributed by atoms with Crippen LogP contribution in [-0.2, 0) is 0 Å². The van der Waals surface area contributed by atoms with Crippen LogP contribution in [0.15, 0.2) is 0 Å². The predicted octanol–water partition coefficient (Wildman–Crippen LogP) is 3.27. The van der Waals surface area contributed by atoms with Crippen LogP contribution in [0.25, 0.3) is 0 Å². The molecule has 0 unspecified atom stereocenters. The topological polar surface area (TPSA) is 49.6 Å². The zero-order valence-electron chi connectivity index (χ0n) is 11.8. The molecule has 0 atom stereocenters. The maximum atomic E-state index is 7.32. The second-order valence-corrected chi connectivity index (χ2v) is 3.29. The van der Waals surface area contributed by atoms with E-state index in [1.54, 1.807) is 6.07 Å². The van der Waals surface area contributed by atoms with Gasteiger partial charge in [-0.05, 0) is 47.1 Å². The van der Waals surface area contributed by atoms with Gasteiger partial charge in [0.2, 0.25) is 0 Å². The van der Waals surface area contributed by atoms with Crippen molar-refractivity contribution < 1.29 is 0 Å². The predicted molar refractivity (Wildman–Crippen MR) is 71.4 cm³/mol. The molecule has 0 bridgehead atoms. The van der Waals surface area contributed by atoms with Crippen LogP contribution in [0.5, 0.6) is 0 Å². The minimum atomic E-state index is 0.862. The minimum Gasteiger partial charge on any atom is -0.238 e. The first-order valence-electron chi connectivity index (χ1n) is 5.37.